The van der Waals surface area contributed by atoms with E-state index in [-0.39, 0.29) is 18.0 Å². The molecule has 0 fully saturated rings. The molecule has 0 aliphatic rings. The first-order chi connectivity index (χ1) is 7.94. The van der Waals surface area contributed by atoms with Crippen molar-refractivity contribution in [2.45, 2.75) is 12.5 Å². The molecule has 0 aliphatic carbocycles. The zero-order valence-electron chi connectivity index (χ0n) is 9.73. The lowest BCUT2D eigenvalue weighted by Gasteiger charge is -2.22. The first kappa shape index (κ1) is 13.8. The van der Waals surface area contributed by atoms with Gasteiger partial charge >= 0.3 is 5.63 Å². The van der Waals surface area contributed by atoms with E-state index in [1.807, 2.05) is 6.26 Å². The van der Waals surface area contributed by atoms with Crippen LogP contribution in [0.3, 0.4) is 0 Å². The first-order valence-corrected chi connectivity index (χ1v) is 6.42. The number of carbonyl (C=O) groups is 1. The maximum absolute atomic E-state index is 11.6. The zero-order chi connectivity index (χ0) is 12.9. The van der Waals surface area contributed by atoms with Gasteiger partial charge < -0.3 is 14.8 Å². The molecule has 1 heterocycles. The van der Waals surface area contributed by atoms with Crippen LogP contribution in [0.15, 0.2) is 27.6 Å². The van der Waals surface area contributed by atoms with Crippen LogP contribution in [0.5, 0.6) is 0 Å². The van der Waals surface area contributed by atoms with Crippen LogP contribution in [-0.2, 0) is 0 Å². The van der Waals surface area contributed by atoms with E-state index < -0.39 is 11.2 Å². The summed E-state index contributed by atoms with van der Waals surface area (Å²) in [5.74, 6) is 0.145. The fraction of sp³-hybridized carbons (Fsp3) is 0.455. The summed E-state index contributed by atoms with van der Waals surface area (Å²) in [6.45, 7) is 1.79. The van der Waals surface area contributed by atoms with Gasteiger partial charge in [0.25, 0.3) is 5.91 Å². The third-order valence-corrected chi connectivity index (χ3v) is 2.96. The zero-order valence-corrected chi connectivity index (χ0v) is 10.5. The van der Waals surface area contributed by atoms with Crippen LogP contribution in [-0.4, -0.2) is 35.2 Å². The third kappa shape index (κ3) is 4.62. The van der Waals surface area contributed by atoms with Gasteiger partial charge in [-0.25, -0.2) is 4.79 Å². The van der Waals surface area contributed by atoms with Gasteiger partial charge in [0.1, 0.15) is 6.26 Å². The first-order valence-electron chi connectivity index (χ1n) is 5.03. The van der Waals surface area contributed by atoms with E-state index in [9.17, 15) is 14.7 Å². The van der Waals surface area contributed by atoms with Crippen molar-refractivity contribution in [1.29, 1.82) is 0 Å². The lowest BCUT2D eigenvalue weighted by Crippen LogP contribution is -2.42. The van der Waals surface area contributed by atoms with Gasteiger partial charge in [0.05, 0.1) is 11.2 Å². The Morgan fingerprint density at radius 1 is 1.59 bits per heavy atom. The van der Waals surface area contributed by atoms with Crippen molar-refractivity contribution in [2.24, 2.45) is 0 Å². The summed E-state index contributed by atoms with van der Waals surface area (Å²) in [6.07, 6.45) is 2.98. The van der Waals surface area contributed by atoms with E-state index in [4.69, 9.17) is 0 Å². The van der Waals surface area contributed by atoms with E-state index in [1.165, 1.54) is 23.9 Å². The van der Waals surface area contributed by atoms with Crippen molar-refractivity contribution in [3.63, 3.8) is 0 Å². The molecule has 1 aromatic heterocycles. The summed E-state index contributed by atoms with van der Waals surface area (Å²) < 4.78 is 4.58. The minimum Gasteiger partial charge on any atom is -0.430 e. The van der Waals surface area contributed by atoms with Crippen molar-refractivity contribution in [1.82, 2.24) is 5.32 Å². The summed E-state index contributed by atoms with van der Waals surface area (Å²) >= 11 is 1.50. The molecule has 5 nitrogen and oxygen atoms in total. The molecule has 1 aromatic rings. The molecule has 94 valence electrons. The average molecular weight is 257 g/mol. The van der Waals surface area contributed by atoms with Gasteiger partial charge in [-0.15, -0.1) is 0 Å². The highest BCUT2D eigenvalue weighted by atomic mass is 32.2. The number of thioether (sulfide) groups is 1. The van der Waals surface area contributed by atoms with Gasteiger partial charge in [-0.2, -0.15) is 11.8 Å². The lowest BCUT2D eigenvalue weighted by atomic mass is 10.1. The standard InChI is InChI=1S/C11H15NO4S/c1-11(15,7-17-2)6-12-10(14)8-3-4-9(13)16-5-8/h3-5,15H,6-7H2,1-2H3,(H,12,14). The molecule has 0 saturated heterocycles. The monoisotopic (exact) mass is 257 g/mol. The summed E-state index contributed by atoms with van der Waals surface area (Å²) in [6, 6.07) is 2.55. The minimum absolute atomic E-state index is 0.145. The number of aliphatic hydroxyl groups is 1. The lowest BCUT2D eigenvalue weighted by molar-refractivity contribution is 0.0723. The highest BCUT2D eigenvalue weighted by molar-refractivity contribution is 7.98. The van der Waals surface area contributed by atoms with E-state index in [2.05, 4.69) is 9.73 Å². The maximum Gasteiger partial charge on any atom is 0.335 e. The van der Waals surface area contributed by atoms with Crippen molar-refractivity contribution in [3.8, 4) is 0 Å². The summed E-state index contributed by atoms with van der Waals surface area (Å²) in [5, 5.41) is 12.4. The Morgan fingerprint density at radius 3 is 2.82 bits per heavy atom. The second kappa shape index (κ2) is 5.88. The molecule has 0 aromatic carbocycles. The Balaban J connectivity index is 2.55. The number of hydrogen-bond acceptors (Lipinski definition) is 5. The van der Waals surface area contributed by atoms with Crippen molar-refractivity contribution in [2.75, 3.05) is 18.6 Å². The van der Waals surface area contributed by atoms with Gasteiger partial charge in [0.2, 0.25) is 0 Å². The van der Waals surface area contributed by atoms with E-state index >= 15 is 0 Å². The normalized spacial score (nSPS) is 14.1. The van der Waals surface area contributed by atoms with Gasteiger partial charge in [0, 0.05) is 18.4 Å². The number of carbonyl (C=O) groups excluding carboxylic acids is 1. The minimum atomic E-state index is -0.954. The molecule has 0 bridgehead atoms. The van der Waals surface area contributed by atoms with Crippen LogP contribution in [0, 0.1) is 0 Å². The van der Waals surface area contributed by atoms with Gasteiger partial charge in [-0.05, 0) is 19.2 Å². The Labute approximate surface area is 103 Å². The number of hydrogen-bond donors (Lipinski definition) is 2. The predicted octanol–water partition coefficient (Wildman–Crippen LogP) is 0.484. The largest absolute Gasteiger partial charge is 0.430 e. The molecule has 17 heavy (non-hydrogen) atoms. The molecule has 0 saturated carbocycles. The van der Waals surface area contributed by atoms with Crippen LogP contribution in [0.4, 0.5) is 0 Å². The van der Waals surface area contributed by atoms with Crippen LogP contribution in [0.2, 0.25) is 0 Å². The van der Waals surface area contributed by atoms with Crippen molar-refractivity contribution >= 4 is 17.7 Å². The Hall–Kier alpha value is -1.27. The second-order valence-corrected chi connectivity index (χ2v) is 4.82. The fourth-order valence-corrected chi connectivity index (χ4v) is 1.95. The number of amides is 1. The summed E-state index contributed by atoms with van der Waals surface area (Å²) in [5.41, 5.74) is -1.20. The molecule has 1 unspecified atom stereocenters. The molecular formula is C11H15NO4S. The van der Waals surface area contributed by atoms with Crippen LogP contribution < -0.4 is 10.9 Å². The van der Waals surface area contributed by atoms with Crippen molar-refractivity contribution < 1.29 is 14.3 Å². The van der Waals surface area contributed by atoms with E-state index in [0.29, 0.717) is 5.75 Å². The van der Waals surface area contributed by atoms with E-state index in [0.717, 1.165) is 6.26 Å². The Bertz CT molecular complexity index is 421. The van der Waals surface area contributed by atoms with Crippen LogP contribution in [0.1, 0.15) is 17.3 Å². The molecule has 6 heteroatoms. The highest BCUT2D eigenvalue weighted by Gasteiger charge is 2.20. The molecule has 0 aliphatic heterocycles. The van der Waals surface area contributed by atoms with Gasteiger partial charge in [0.15, 0.2) is 0 Å². The molecule has 1 amide bonds. The molecule has 2 N–H and O–H groups in total. The molecule has 0 radical (unpaired) electrons. The molecule has 0 spiro atoms. The SMILES string of the molecule is CSCC(C)(O)CNC(=O)c1ccc(=O)oc1. The number of nitrogens with one attached hydrogen (secondary N) is 1. The molecule has 1 rings (SSSR count). The Morgan fingerprint density at radius 2 is 2.29 bits per heavy atom. The molecule has 1 atom stereocenters. The highest BCUT2D eigenvalue weighted by Crippen LogP contribution is 2.09. The third-order valence-electron chi connectivity index (χ3n) is 2.05. The van der Waals surface area contributed by atoms with Gasteiger partial charge in [-0.1, -0.05) is 0 Å². The van der Waals surface area contributed by atoms with Crippen LogP contribution >= 0.6 is 11.8 Å². The quantitative estimate of drug-likeness (QED) is 0.802. The van der Waals surface area contributed by atoms with Gasteiger partial charge in [-0.3, -0.25) is 4.79 Å². The topological polar surface area (TPSA) is 79.5 Å². The Kier molecular flexibility index (Phi) is 4.77. The smallest absolute Gasteiger partial charge is 0.335 e. The number of rotatable bonds is 5. The maximum atomic E-state index is 11.6. The van der Waals surface area contributed by atoms with Crippen LogP contribution in [0.25, 0.3) is 0 Å². The summed E-state index contributed by atoms with van der Waals surface area (Å²) in [4.78, 5) is 22.3. The fourth-order valence-electron chi connectivity index (χ4n) is 1.22. The average Bonchev–Trinajstić information content (AvgIpc) is 2.27. The van der Waals surface area contributed by atoms with E-state index in [1.54, 1.807) is 6.92 Å². The second-order valence-electron chi connectivity index (χ2n) is 3.96. The molecular weight excluding hydrogens is 242 g/mol. The van der Waals surface area contributed by atoms with Crippen molar-refractivity contribution in [3.05, 3.63) is 34.4 Å². The predicted molar refractivity (Wildman–Crippen MR) is 66.3 cm³/mol. The summed E-state index contributed by atoms with van der Waals surface area (Å²) in [7, 11) is 0.